The molecule has 0 aromatic carbocycles. The third-order valence-electron chi connectivity index (χ3n) is 2.36. The Kier molecular flexibility index (Phi) is 10.2. The van der Waals surface area contributed by atoms with Crippen LogP contribution in [0.1, 0.15) is 27.2 Å². The van der Waals surface area contributed by atoms with Gasteiger partial charge in [0.05, 0.1) is 12.1 Å². The Bertz CT molecular complexity index is 264. The summed E-state index contributed by atoms with van der Waals surface area (Å²) in [5, 5.41) is 0. The number of allylic oxidation sites excluding steroid dienone is 3. The normalized spacial score (nSPS) is 14.8. The fourth-order valence-corrected chi connectivity index (χ4v) is 2.08. The molecule has 0 N–H and O–H groups in total. The lowest BCUT2D eigenvalue weighted by Gasteiger charge is -2.06. The summed E-state index contributed by atoms with van der Waals surface area (Å²) in [6.07, 6.45) is 9.49. The van der Waals surface area contributed by atoms with E-state index in [0.29, 0.717) is 5.92 Å². The van der Waals surface area contributed by atoms with Crippen molar-refractivity contribution in [2.24, 2.45) is 10.9 Å². The fraction of sp³-hybridized carbons (Fsp3) is 0.500. The van der Waals surface area contributed by atoms with E-state index in [1.165, 1.54) is 12.0 Å². The van der Waals surface area contributed by atoms with Gasteiger partial charge in [0, 0.05) is 5.75 Å². The second-order valence-corrected chi connectivity index (χ2v) is 4.42. The number of hydrogen-bond acceptors (Lipinski definition) is 2. The Labute approximate surface area is 104 Å². The van der Waals surface area contributed by atoms with Crippen LogP contribution in [0.4, 0.5) is 0 Å². The molecule has 0 aliphatic rings. The van der Waals surface area contributed by atoms with Crippen LogP contribution in [0.15, 0.2) is 41.4 Å². The summed E-state index contributed by atoms with van der Waals surface area (Å²) in [5.41, 5.74) is 3.14. The molecule has 0 amide bonds. The summed E-state index contributed by atoms with van der Waals surface area (Å²) < 4.78 is 0. The van der Waals surface area contributed by atoms with E-state index in [2.05, 4.69) is 37.6 Å². The van der Waals surface area contributed by atoms with Gasteiger partial charge >= 0.3 is 0 Å². The largest absolute Gasteiger partial charge is 0.282 e. The highest BCUT2D eigenvalue weighted by Gasteiger charge is 1.99. The molecule has 0 rings (SSSR count). The van der Waals surface area contributed by atoms with Crippen LogP contribution in [0, 0.1) is 5.92 Å². The van der Waals surface area contributed by atoms with Gasteiger partial charge in [-0.05, 0) is 31.8 Å². The maximum Gasteiger partial charge on any atom is 0.0642 e. The predicted octanol–water partition coefficient (Wildman–Crippen LogP) is 4.48. The molecule has 0 aliphatic carbocycles. The third kappa shape index (κ3) is 7.52. The number of nitrogens with zero attached hydrogens (tertiary/aromatic N) is 1. The quantitative estimate of drug-likeness (QED) is 0.262. The molecule has 0 aromatic heterocycles. The van der Waals surface area contributed by atoms with Gasteiger partial charge in [-0.3, -0.25) is 4.99 Å². The molecule has 0 saturated heterocycles. The van der Waals surface area contributed by atoms with Crippen LogP contribution in [-0.4, -0.2) is 17.8 Å². The smallest absolute Gasteiger partial charge is 0.0642 e. The standard InChI is InChI=1S/C14H23NS/c1-5-9-14(8-4)11-16-12-15-10-13(6-2)7-3/h5-7,9,12,14H,2,8,10-11H2,1,3-4H3. The maximum atomic E-state index is 4.35. The zero-order valence-corrected chi connectivity index (χ0v) is 11.5. The Morgan fingerprint density at radius 2 is 2.19 bits per heavy atom. The molecule has 0 spiro atoms. The summed E-state index contributed by atoms with van der Waals surface area (Å²) in [4.78, 5) is 4.35. The molecule has 1 nitrogen and oxygen atoms in total. The topological polar surface area (TPSA) is 12.4 Å². The van der Waals surface area contributed by atoms with Crippen LogP contribution in [0.2, 0.25) is 0 Å². The first-order valence-corrected chi connectivity index (χ1v) is 6.83. The van der Waals surface area contributed by atoms with E-state index in [0.717, 1.165) is 12.3 Å². The monoisotopic (exact) mass is 237 g/mol. The van der Waals surface area contributed by atoms with Crippen molar-refractivity contribution in [3.8, 4) is 0 Å². The molecule has 0 aromatic rings. The second kappa shape index (κ2) is 10.7. The molecule has 90 valence electrons. The molecule has 0 bridgehead atoms. The van der Waals surface area contributed by atoms with Crippen LogP contribution in [0.25, 0.3) is 0 Å². The van der Waals surface area contributed by atoms with Gasteiger partial charge in [0.1, 0.15) is 0 Å². The zero-order valence-electron chi connectivity index (χ0n) is 10.6. The molecule has 2 heteroatoms. The van der Waals surface area contributed by atoms with E-state index in [9.17, 15) is 0 Å². The lowest BCUT2D eigenvalue weighted by Crippen LogP contribution is -1.97. The minimum absolute atomic E-state index is 0.669. The zero-order chi connectivity index (χ0) is 12.2. The van der Waals surface area contributed by atoms with E-state index in [-0.39, 0.29) is 0 Å². The van der Waals surface area contributed by atoms with Crippen molar-refractivity contribution in [1.29, 1.82) is 0 Å². The fourth-order valence-electron chi connectivity index (χ4n) is 1.22. The molecule has 0 heterocycles. The Balaban J connectivity index is 3.80. The number of thioether (sulfide) groups is 1. The SMILES string of the molecule is C=CC(=CC)CN=CSCC(C=CC)CC. The van der Waals surface area contributed by atoms with Crippen molar-refractivity contribution >= 4 is 17.3 Å². The van der Waals surface area contributed by atoms with E-state index in [1.54, 1.807) is 11.8 Å². The molecule has 0 aliphatic heterocycles. The highest BCUT2D eigenvalue weighted by molar-refractivity contribution is 8.12. The van der Waals surface area contributed by atoms with Gasteiger partial charge in [-0.1, -0.05) is 37.8 Å². The van der Waals surface area contributed by atoms with E-state index in [1.807, 2.05) is 24.6 Å². The first kappa shape index (κ1) is 15.2. The first-order chi connectivity index (χ1) is 7.78. The maximum absolute atomic E-state index is 4.35. The van der Waals surface area contributed by atoms with Gasteiger partial charge in [0.25, 0.3) is 0 Å². The predicted molar refractivity (Wildman–Crippen MR) is 78.4 cm³/mol. The molecule has 1 atom stereocenters. The molecular formula is C14H23NS. The van der Waals surface area contributed by atoms with Gasteiger partial charge in [0.2, 0.25) is 0 Å². The summed E-state index contributed by atoms with van der Waals surface area (Å²) in [5.74, 6) is 1.78. The molecule has 0 fully saturated rings. The second-order valence-electron chi connectivity index (χ2n) is 3.54. The number of rotatable bonds is 8. The van der Waals surface area contributed by atoms with Crippen molar-refractivity contribution in [1.82, 2.24) is 0 Å². The number of aliphatic imine (C=N–C) groups is 1. The Hall–Kier alpha value is -0.760. The van der Waals surface area contributed by atoms with E-state index < -0.39 is 0 Å². The summed E-state index contributed by atoms with van der Waals surface area (Å²) in [6, 6.07) is 0. The van der Waals surface area contributed by atoms with Crippen molar-refractivity contribution < 1.29 is 0 Å². The Morgan fingerprint density at radius 3 is 2.69 bits per heavy atom. The van der Waals surface area contributed by atoms with Gasteiger partial charge in [0.15, 0.2) is 0 Å². The van der Waals surface area contributed by atoms with Crippen LogP contribution in [-0.2, 0) is 0 Å². The van der Waals surface area contributed by atoms with E-state index in [4.69, 9.17) is 0 Å². The highest BCUT2D eigenvalue weighted by atomic mass is 32.2. The van der Waals surface area contributed by atoms with E-state index >= 15 is 0 Å². The first-order valence-electron chi connectivity index (χ1n) is 5.78. The minimum Gasteiger partial charge on any atom is -0.282 e. The van der Waals surface area contributed by atoms with Crippen LogP contribution in [0.3, 0.4) is 0 Å². The molecule has 0 saturated carbocycles. The molecule has 1 unspecified atom stereocenters. The molecule has 0 radical (unpaired) electrons. The lowest BCUT2D eigenvalue weighted by molar-refractivity contribution is 0.710. The van der Waals surface area contributed by atoms with Crippen molar-refractivity contribution in [2.45, 2.75) is 27.2 Å². The van der Waals surface area contributed by atoms with Crippen molar-refractivity contribution in [2.75, 3.05) is 12.3 Å². The van der Waals surface area contributed by atoms with Crippen LogP contribution >= 0.6 is 11.8 Å². The number of hydrogen-bond donors (Lipinski definition) is 0. The molecular weight excluding hydrogens is 214 g/mol. The van der Waals surface area contributed by atoms with Gasteiger partial charge in [-0.2, -0.15) is 0 Å². The summed E-state index contributed by atoms with van der Waals surface area (Å²) >= 11 is 1.78. The molecule has 16 heavy (non-hydrogen) atoms. The third-order valence-corrected chi connectivity index (χ3v) is 3.27. The summed E-state index contributed by atoms with van der Waals surface area (Å²) in [7, 11) is 0. The lowest BCUT2D eigenvalue weighted by atomic mass is 10.1. The van der Waals surface area contributed by atoms with Crippen molar-refractivity contribution in [3.63, 3.8) is 0 Å². The van der Waals surface area contributed by atoms with Crippen LogP contribution < -0.4 is 0 Å². The summed E-state index contributed by atoms with van der Waals surface area (Å²) in [6.45, 7) is 10.8. The average molecular weight is 237 g/mol. The van der Waals surface area contributed by atoms with Crippen molar-refractivity contribution in [3.05, 3.63) is 36.5 Å². The van der Waals surface area contributed by atoms with Gasteiger partial charge in [-0.15, -0.1) is 11.8 Å². The van der Waals surface area contributed by atoms with Crippen LogP contribution in [0.5, 0.6) is 0 Å². The van der Waals surface area contributed by atoms with Gasteiger partial charge < -0.3 is 0 Å². The average Bonchev–Trinajstić information content (AvgIpc) is 2.32. The van der Waals surface area contributed by atoms with Gasteiger partial charge in [-0.25, -0.2) is 0 Å². The minimum atomic E-state index is 0.669. The highest BCUT2D eigenvalue weighted by Crippen LogP contribution is 2.11. The Morgan fingerprint density at radius 1 is 1.44 bits per heavy atom.